The van der Waals surface area contributed by atoms with E-state index in [1.54, 1.807) is 13.8 Å². The van der Waals surface area contributed by atoms with Crippen molar-refractivity contribution in [1.29, 1.82) is 0 Å². The zero-order valence-electron chi connectivity index (χ0n) is 8.28. The summed E-state index contributed by atoms with van der Waals surface area (Å²) in [7, 11) is 0. The fourth-order valence-corrected chi connectivity index (χ4v) is 1.38. The lowest BCUT2D eigenvalue weighted by Crippen LogP contribution is -2.53. The van der Waals surface area contributed by atoms with Crippen LogP contribution >= 0.6 is 0 Å². The van der Waals surface area contributed by atoms with Crippen molar-refractivity contribution in [2.24, 2.45) is 0 Å². The molecule has 1 aliphatic heterocycles. The van der Waals surface area contributed by atoms with Crippen LogP contribution in [-0.4, -0.2) is 41.8 Å². The topological polar surface area (TPSA) is 63.7 Å². The van der Waals surface area contributed by atoms with E-state index in [-0.39, 0.29) is 19.0 Å². The van der Waals surface area contributed by atoms with Crippen molar-refractivity contribution in [2.75, 3.05) is 13.2 Å². The van der Waals surface area contributed by atoms with Crippen molar-refractivity contribution in [2.45, 2.75) is 26.3 Å². The second-order valence-electron chi connectivity index (χ2n) is 3.15. The molecule has 0 radical (unpaired) electrons. The van der Waals surface area contributed by atoms with E-state index >= 15 is 0 Å². The van der Waals surface area contributed by atoms with Crippen molar-refractivity contribution in [3.05, 3.63) is 0 Å². The third-order valence-electron chi connectivity index (χ3n) is 2.19. The quantitative estimate of drug-likeness (QED) is 0.587. The summed E-state index contributed by atoms with van der Waals surface area (Å²) in [6.07, 6.45) is 0.319. The Morgan fingerprint density at radius 3 is 2.36 bits per heavy atom. The lowest BCUT2D eigenvalue weighted by molar-refractivity contribution is -0.163. The van der Waals surface area contributed by atoms with Gasteiger partial charge < -0.3 is 4.74 Å². The van der Waals surface area contributed by atoms with Gasteiger partial charge in [-0.05, 0) is 6.92 Å². The molecule has 1 aliphatic rings. The normalized spacial score (nSPS) is 19.7. The molecule has 14 heavy (non-hydrogen) atoms. The van der Waals surface area contributed by atoms with Gasteiger partial charge in [0.25, 0.3) is 11.8 Å². The summed E-state index contributed by atoms with van der Waals surface area (Å²) < 4.78 is 4.74. The molecule has 0 spiro atoms. The molecule has 2 amide bonds. The predicted molar refractivity (Wildman–Crippen MR) is 47.4 cm³/mol. The maximum Gasteiger partial charge on any atom is 0.255 e. The molecule has 0 aromatic rings. The summed E-state index contributed by atoms with van der Waals surface area (Å²) >= 11 is 0. The minimum Gasteiger partial charge on any atom is -0.362 e. The number of morpholine rings is 1. The molecular formula is C9H13NO4. The van der Waals surface area contributed by atoms with E-state index in [1.165, 1.54) is 0 Å². The molecule has 0 aliphatic carbocycles. The van der Waals surface area contributed by atoms with Gasteiger partial charge in [-0.2, -0.15) is 0 Å². The molecule has 0 N–H and O–H groups in total. The number of nitrogens with zero attached hydrogens (tertiary/aromatic N) is 1. The van der Waals surface area contributed by atoms with Crippen LogP contribution < -0.4 is 0 Å². The van der Waals surface area contributed by atoms with Crippen molar-refractivity contribution < 1.29 is 19.1 Å². The molecule has 78 valence electrons. The molecule has 0 aromatic heterocycles. The molecule has 1 saturated heterocycles. The van der Waals surface area contributed by atoms with E-state index in [4.69, 9.17) is 4.74 Å². The zero-order chi connectivity index (χ0) is 10.7. The minimum atomic E-state index is -0.663. The van der Waals surface area contributed by atoms with E-state index in [9.17, 15) is 14.4 Å². The Morgan fingerprint density at radius 1 is 1.43 bits per heavy atom. The lowest BCUT2D eigenvalue weighted by Gasteiger charge is -2.29. The molecule has 1 heterocycles. The third kappa shape index (κ3) is 1.98. The highest BCUT2D eigenvalue weighted by Gasteiger charge is 2.33. The number of rotatable bonds is 3. The first-order valence-electron chi connectivity index (χ1n) is 4.53. The fourth-order valence-electron chi connectivity index (χ4n) is 1.38. The average Bonchev–Trinajstić information content (AvgIpc) is 2.16. The zero-order valence-corrected chi connectivity index (χ0v) is 8.28. The van der Waals surface area contributed by atoms with Gasteiger partial charge >= 0.3 is 0 Å². The maximum atomic E-state index is 11.3. The third-order valence-corrected chi connectivity index (χ3v) is 2.19. The van der Waals surface area contributed by atoms with Crippen LogP contribution in [0.2, 0.25) is 0 Å². The molecule has 1 atom stereocenters. The average molecular weight is 199 g/mol. The Labute approximate surface area is 82.0 Å². The molecule has 0 aromatic carbocycles. The SMILES string of the molecule is CCC(=O)C(C)N1C(=O)COCC1=O. The van der Waals surface area contributed by atoms with Gasteiger partial charge in [0.15, 0.2) is 5.78 Å². The Balaban J connectivity index is 2.77. The largest absolute Gasteiger partial charge is 0.362 e. The fraction of sp³-hybridized carbons (Fsp3) is 0.667. The van der Waals surface area contributed by atoms with Gasteiger partial charge in [-0.1, -0.05) is 6.92 Å². The van der Waals surface area contributed by atoms with E-state index < -0.39 is 17.9 Å². The number of Topliss-reactive ketones (excluding diaryl/α,β-unsaturated/α-hetero) is 1. The van der Waals surface area contributed by atoms with E-state index in [0.717, 1.165) is 4.90 Å². The molecule has 1 fully saturated rings. The highest BCUT2D eigenvalue weighted by molar-refractivity contribution is 6.02. The summed E-state index contributed by atoms with van der Waals surface area (Å²) in [5, 5.41) is 0. The number of hydrogen-bond acceptors (Lipinski definition) is 4. The summed E-state index contributed by atoms with van der Waals surface area (Å²) in [5.41, 5.74) is 0. The summed E-state index contributed by atoms with van der Waals surface area (Å²) in [5.74, 6) is -0.986. The molecule has 5 nitrogen and oxygen atoms in total. The van der Waals surface area contributed by atoms with Crippen molar-refractivity contribution >= 4 is 17.6 Å². The van der Waals surface area contributed by atoms with Gasteiger partial charge in [0, 0.05) is 6.42 Å². The van der Waals surface area contributed by atoms with Gasteiger partial charge in [-0.25, -0.2) is 0 Å². The lowest BCUT2D eigenvalue weighted by atomic mass is 10.1. The highest BCUT2D eigenvalue weighted by atomic mass is 16.5. The number of hydrogen-bond donors (Lipinski definition) is 0. The Bertz CT molecular complexity index is 258. The van der Waals surface area contributed by atoms with Crippen LogP contribution in [0.1, 0.15) is 20.3 Å². The Morgan fingerprint density at radius 2 is 1.93 bits per heavy atom. The number of carbonyl (C=O) groups is 3. The number of imide groups is 1. The first kappa shape index (κ1) is 10.8. The second kappa shape index (κ2) is 4.32. The molecule has 1 rings (SSSR count). The second-order valence-corrected chi connectivity index (χ2v) is 3.15. The Hall–Kier alpha value is -1.23. The number of ether oxygens (including phenoxy) is 1. The molecular weight excluding hydrogens is 186 g/mol. The van der Waals surface area contributed by atoms with Gasteiger partial charge in [-0.15, -0.1) is 0 Å². The standard InChI is InChI=1S/C9H13NO4/c1-3-7(11)6(2)10-8(12)4-14-5-9(10)13/h6H,3-5H2,1-2H3. The van der Waals surface area contributed by atoms with Crippen molar-refractivity contribution in [3.63, 3.8) is 0 Å². The highest BCUT2D eigenvalue weighted by Crippen LogP contribution is 2.08. The van der Waals surface area contributed by atoms with Crippen LogP contribution in [0.25, 0.3) is 0 Å². The monoisotopic (exact) mass is 199 g/mol. The minimum absolute atomic E-state index is 0.117. The number of ketones is 1. The maximum absolute atomic E-state index is 11.3. The van der Waals surface area contributed by atoms with Crippen LogP contribution in [0.5, 0.6) is 0 Å². The predicted octanol–water partition coefficient (Wildman–Crippen LogP) is -0.261. The summed E-state index contributed by atoms with van der Waals surface area (Å²) in [4.78, 5) is 34.9. The first-order valence-corrected chi connectivity index (χ1v) is 4.53. The van der Waals surface area contributed by atoms with E-state index in [2.05, 4.69) is 0 Å². The smallest absolute Gasteiger partial charge is 0.255 e. The molecule has 0 saturated carbocycles. The summed E-state index contributed by atoms with van der Waals surface area (Å²) in [6.45, 7) is 3.03. The Kier molecular flexibility index (Phi) is 3.35. The first-order chi connectivity index (χ1) is 6.57. The van der Waals surface area contributed by atoms with Gasteiger partial charge in [-0.3, -0.25) is 19.3 Å². The van der Waals surface area contributed by atoms with Gasteiger partial charge in [0.1, 0.15) is 13.2 Å². The van der Waals surface area contributed by atoms with E-state index in [0.29, 0.717) is 6.42 Å². The van der Waals surface area contributed by atoms with Crippen molar-refractivity contribution in [1.82, 2.24) is 4.90 Å². The molecule has 1 unspecified atom stereocenters. The van der Waals surface area contributed by atoms with Crippen LogP contribution in [0, 0.1) is 0 Å². The van der Waals surface area contributed by atoms with Crippen LogP contribution in [0.3, 0.4) is 0 Å². The van der Waals surface area contributed by atoms with Gasteiger partial charge in [0.05, 0.1) is 6.04 Å². The van der Waals surface area contributed by atoms with Crippen molar-refractivity contribution in [3.8, 4) is 0 Å². The van der Waals surface area contributed by atoms with Crippen LogP contribution in [0.15, 0.2) is 0 Å². The molecule has 5 heteroatoms. The van der Waals surface area contributed by atoms with Crippen LogP contribution in [-0.2, 0) is 19.1 Å². The molecule has 0 bridgehead atoms. The van der Waals surface area contributed by atoms with Gasteiger partial charge in [0.2, 0.25) is 0 Å². The van der Waals surface area contributed by atoms with E-state index in [1.807, 2.05) is 0 Å². The number of carbonyl (C=O) groups excluding carboxylic acids is 3. The number of amides is 2. The summed E-state index contributed by atoms with van der Waals surface area (Å²) in [6, 6.07) is -0.663. The van der Waals surface area contributed by atoms with Crippen LogP contribution in [0.4, 0.5) is 0 Å².